The zero-order valence-corrected chi connectivity index (χ0v) is 17.0. The molecule has 1 heterocycles. The average molecular weight is 411 g/mol. The highest BCUT2D eigenvalue weighted by Gasteiger charge is 2.43. The predicted molar refractivity (Wildman–Crippen MR) is 109 cm³/mol. The molecule has 30 heavy (non-hydrogen) atoms. The molecule has 0 bridgehead atoms. The number of hydrogen-bond donors (Lipinski definition) is 0. The number of rotatable bonds is 7. The van der Waals surface area contributed by atoms with E-state index in [1.807, 2.05) is 0 Å². The number of esters is 2. The molecule has 0 aromatic heterocycles. The van der Waals surface area contributed by atoms with Crippen LogP contribution in [0.3, 0.4) is 0 Å². The van der Waals surface area contributed by atoms with Crippen molar-refractivity contribution in [2.75, 3.05) is 13.2 Å². The van der Waals surface area contributed by atoms with Crippen LogP contribution in [0, 0.1) is 5.92 Å². The maximum absolute atomic E-state index is 13.0. The first kappa shape index (κ1) is 21.5. The molecule has 2 amide bonds. The Kier molecular flexibility index (Phi) is 6.50. The van der Waals surface area contributed by atoms with Crippen molar-refractivity contribution in [2.45, 2.75) is 38.6 Å². The monoisotopic (exact) mass is 411 g/mol. The summed E-state index contributed by atoms with van der Waals surface area (Å²) >= 11 is 0. The van der Waals surface area contributed by atoms with Crippen molar-refractivity contribution in [1.82, 2.24) is 4.90 Å². The van der Waals surface area contributed by atoms with Gasteiger partial charge in [-0.15, -0.1) is 0 Å². The second-order valence-electron chi connectivity index (χ2n) is 7.71. The van der Waals surface area contributed by atoms with Crippen LogP contribution < -0.4 is 0 Å². The van der Waals surface area contributed by atoms with Crippen LogP contribution in [0.15, 0.2) is 43.0 Å². The molecule has 1 aliphatic carbocycles. The maximum Gasteiger partial charge on any atom is 0.338 e. The first-order valence-electron chi connectivity index (χ1n) is 9.94. The van der Waals surface area contributed by atoms with Crippen molar-refractivity contribution in [2.24, 2.45) is 5.92 Å². The summed E-state index contributed by atoms with van der Waals surface area (Å²) in [7, 11) is 0. The minimum absolute atomic E-state index is 0.0837. The summed E-state index contributed by atoms with van der Waals surface area (Å²) in [6, 6.07) is 3.97. The van der Waals surface area contributed by atoms with Gasteiger partial charge in [-0.2, -0.15) is 0 Å². The average Bonchev–Trinajstić information content (AvgIpc) is 2.99. The highest BCUT2D eigenvalue weighted by atomic mass is 16.5. The molecule has 0 saturated heterocycles. The Morgan fingerprint density at radius 3 is 2.60 bits per heavy atom. The van der Waals surface area contributed by atoms with Gasteiger partial charge in [-0.1, -0.05) is 25.7 Å². The van der Waals surface area contributed by atoms with Crippen LogP contribution in [0.1, 0.15) is 63.7 Å². The summed E-state index contributed by atoms with van der Waals surface area (Å²) in [6.07, 6.45) is 3.87. The molecule has 2 aliphatic rings. The molecule has 7 nitrogen and oxygen atoms in total. The van der Waals surface area contributed by atoms with Crippen molar-refractivity contribution in [3.63, 3.8) is 0 Å². The largest absolute Gasteiger partial charge is 0.461 e. The molecule has 0 spiro atoms. The molecule has 0 radical (unpaired) electrons. The number of imide groups is 1. The lowest BCUT2D eigenvalue weighted by molar-refractivity contribution is -0.149. The van der Waals surface area contributed by atoms with Gasteiger partial charge in [0.1, 0.15) is 13.2 Å². The van der Waals surface area contributed by atoms with E-state index >= 15 is 0 Å². The third-order valence-electron chi connectivity index (χ3n) is 5.29. The van der Waals surface area contributed by atoms with E-state index < -0.39 is 17.8 Å². The fourth-order valence-electron chi connectivity index (χ4n) is 3.86. The Balaban J connectivity index is 1.76. The summed E-state index contributed by atoms with van der Waals surface area (Å²) in [5, 5.41) is 0. The SMILES string of the molecule is C=CCOC(=O)C1CCCC(N2C(=O)c3ccc(C(=O)OCC(=C)C)cc3C2=O)C1. The lowest BCUT2D eigenvalue weighted by Crippen LogP contribution is -2.43. The molecule has 1 fully saturated rings. The Morgan fingerprint density at radius 1 is 1.17 bits per heavy atom. The van der Waals surface area contributed by atoms with Crippen LogP contribution in [0.25, 0.3) is 0 Å². The van der Waals surface area contributed by atoms with E-state index in [1.54, 1.807) is 6.92 Å². The first-order chi connectivity index (χ1) is 14.3. The van der Waals surface area contributed by atoms with Gasteiger partial charge in [0.2, 0.25) is 0 Å². The summed E-state index contributed by atoms with van der Waals surface area (Å²) in [5.41, 5.74) is 1.34. The molecule has 1 aliphatic heterocycles. The van der Waals surface area contributed by atoms with E-state index in [0.717, 1.165) is 0 Å². The number of nitrogens with zero attached hydrogens (tertiary/aromatic N) is 1. The summed E-state index contributed by atoms with van der Waals surface area (Å²) in [4.78, 5) is 51.5. The van der Waals surface area contributed by atoms with Crippen LogP contribution in [-0.4, -0.2) is 47.9 Å². The Morgan fingerprint density at radius 2 is 1.90 bits per heavy atom. The molecule has 158 valence electrons. The predicted octanol–water partition coefficient (Wildman–Crippen LogP) is 3.30. The highest BCUT2D eigenvalue weighted by molar-refractivity contribution is 6.22. The minimum atomic E-state index is -0.581. The lowest BCUT2D eigenvalue weighted by atomic mass is 9.85. The lowest BCUT2D eigenvalue weighted by Gasteiger charge is -2.33. The number of benzene rings is 1. The number of carbonyl (C=O) groups is 4. The molecule has 1 aromatic carbocycles. The van der Waals surface area contributed by atoms with E-state index in [4.69, 9.17) is 9.47 Å². The Labute approximate surface area is 175 Å². The first-order valence-corrected chi connectivity index (χ1v) is 9.94. The number of carbonyl (C=O) groups excluding carboxylic acids is 4. The molecule has 7 heteroatoms. The third kappa shape index (κ3) is 4.35. The van der Waals surface area contributed by atoms with Crippen LogP contribution >= 0.6 is 0 Å². The van der Waals surface area contributed by atoms with Gasteiger partial charge in [0.15, 0.2) is 0 Å². The topological polar surface area (TPSA) is 90.0 Å². The highest BCUT2D eigenvalue weighted by Crippen LogP contribution is 2.34. The molecule has 1 saturated carbocycles. The van der Waals surface area contributed by atoms with Crippen LogP contribution in [0.2, 0.25) is 0 Å². The van der Waals surface area contributed by atoms with Gasteiger partial charge < -0.3 is 9.47 Å². The van der Waals surface area contributed by atoms with Crippen molar-refractivity contribution in [3.8, 4) is 0 Å². The standard InChI is InChI=1S/C23H25NO6/c1-4-10-29-22(27)15-6-5-7-17(11-15)24-20(25)18-9-8-16(12-19(18)21(24)26)23(28)30-13-14(2)3/h4,8-9,12,15,17H,1-2,5-7,10-11,13H2,3H3. The fourth-order valence-corrected chi connectivity index (χ4v) is 3.86. The molecule has 2 unspecified atom stereocenters. The molecular weight excluding hydrogens is 386 g/mol. The number of fused-ring (bicyclic) bond motifs is 1. The Hall–Kier alpha value is -3.22. The van der Waals surface area contributed by atoms with E-state index in [1.165, 1.54) is 29.2 Å². The summed E-state index contributed by atoms with van der Waals surface area (Å²) < 4.78 is 10.3. The van der Waals surface area contributed by atoms with Gasteiger partial charge in [0.25, 0.3) is 11.8 Å². The van der Waals surface area contributed by atoms with Gasteiger partial charge in [-0.05, 0) is 50.0 Å². The maximum atomic E-state index is 13.0. The quantitative estimate of drug-likeness (QED) is 0.388. The van der Waals surface area contributed by atoms with E-state index in [2.05, 4.69) is 13.2 Å². The van der Waals surface area contributed by atoms with Crippen molar-refractivity contribution in [1.29, 1.82) is 0 Å². The van der Waals surface area contributed by atoms with Crippen molar-refractivity contribution < 1.29 is 28.7 Å². The molecule has 0 N–H and O–H groups in total. The van der Waals surface area contributed by atoms with Crippen molar-refractivity contribution >= 4 is 23.8 Å². The third-order valence-corrected chi connectivity index (χ3v) is 5.29. The normalized spacial score (nSPS) is 20.5. The second-order valence-corrected chi connectivity index (χ2v) is 7.71. The zero-order valence-electron chi connectivity index (χ0n) is 17.0. The van der Waals surface area contributed by atoms with Crippen LogP contribution in [-0.2, 0) is 14.3 Å². The van der Waals surface area contributed by atoms with E-state index in [-0.39, 0.29) is 47.8 Å². The van der Waals surface area contributed by atoms with Crippen LogP contribution in [0.5, 0.6) is 0 Å². The van der Waals surface area contributed by atoms with Gasteiger partial charge in [-0.3, -0.25) is 19.3 Å². The second kappa shape index (κ2) is 9.07. The van der Waals surface area contributed by atoms with E-state index in [9.17, 15) is 19.2 Å². The van der Waals surface area contributed by atoms with Gasteiger partial charge in [0.05, 0.1) is 22.6 Å². The number of hydrogen-bond acceptors (Lipinski definition) is 6. The molecule has 1 aromatic rings. The molecule has 2 atom stereocenters. The van der Waals surface area contributed by atoms with Gasteiger partial charge in [-0.25, -0.2) is 4.79 Å². The van der Waals surface area contributed by atoms with Gasteiger partial charge >= 0.3 is 11.9 Å². The molecule has 3 rings (SSSR count). The smallest absolute Gasteiger partial charge is 0.338 e. The minimum Gasteiger partial charge on any atom is -0.461 e. The Bertz CT molecular complexity index is 918. The molecular formula is C23H25NO6. The summed E-state index contributed by atoms with van der Waals surface area (Å²) in [6.45, 7) is 9.16. The number of amides is 2. The fraction of sp³-hybridized carbons (Fsp3) is 0.391. The van der Waals surface area contributed by atoms with Crippen molar-refractivity contribution in [3.05, 3.63) is 59.7 Å². The number of ether oxygens (including phenoxy) is 2. The van der Waals surface area contributed by atoms with Gasteiger partial charge in [0, 0.05) is 6.04 Å². The zero-order chi connectivity index (χ0) is 21.8. The van der Waals surface area contributed by atoms with Crippen LogP contribution in [0.4, 0.5) is 0 Å². The van der Waals surface area contributed by atoms with E-state index in [0.29, 0.717) is 31.3 Å². The summed E-state index contributed by atoms with van der Waals surface area (Å²) in [5.74, 6) is -2.13.